The fourth-order valence-corrected chi connectivity index (χ4v) is 2.48. The van der Waals surface area contributed by atoms with Crippen molar-refractivity contribution in [2.75, 3.05) is 0 Å². The lowest BCUT2D eigenvalue weighted by molar-refractivity contribution is -0.119. The Labute approximate surface area is 107 Å². The Bertz CT molecular complexity index is 430. The van der Waals surface area contributed by atoms with Crippen molar-refractivity contribution < 1.29 is 18.0 Å². The molecule has 1 saturated heterocycles. The largest absolute Gasteiger partial charge is 0.446 e. The highest BCUT2D eigenvalue weighted by molar-refractivity contribution is 8.00. The molecule has 2 rings (SSSR count). The van der Waals surface area contributed by atoms with Gasteiger partial charge >= 0.3 is 5.51 Å². The van der Waals surface area contributed by atoms with Crippen LogP contribution in [0.15, 0.2) is 29.2 Å². The summed E-state index contributed by atoms with van der Waals surface area (Å²) in [7, 11) is 0. The third kappa shape index (κ3) is 3.94. The van der Waals surface area contributed by atoms with E-state index in [-0.39, 0.29) is 28.6 Å². The van der Waals surface area contributed by atoms with Crippen LogP contribution in [0.25, 0.3) is 0 Å². The van der Waals surface area contributed by atoms with Gasteiger partial charge in [-0.2, -0.15) is 13.2 Å². The number of benzene rings is 1. The van der Waals surface area contributed by atoms with Gasteiger partial charge in [0, 0.05) is 17.4 Å². The molecule has 0 aliphatic carbocycles. The molecule has 18 heavy (non-hydrogen) atoms. The summed E-state index contributed by atoms with van der Waals surface area (Å²) in [6.07, 6.45) is 1.99. The highest BCUT2D eigenvalue weighted by Gasteiger charge is 2.29. The first kappa shape index (κ1) is 13.3. The van der Waals surface area contributed by atoms with E-state index in [4.69, 9.17) is 0 Å². The number of hydrogen-bond donors (Lipinski definition) is 1. The summed E-state index contributed by atoms with van der Waals surface area (Å²) in [5, 5.41) is 2.83. The number of carbonyl (C=O) groups excluding carboxylic acids is 1. The zero-order valence-electron chi connectivity index (χ0n) is 9.46. The van der Waals surface area contributed by atoms with E-state index in [1.54, 1.807) is 12.1 Å². The second kappa shape index (κ2) is 5.22. The summed E-state index contributed by atoms with van der Waals surface area (Å²) in [5.41, 5.74) is -3.31. The van der Waals surface area contributed by atoms with Gasteiger partial charge in [-0.05, 0) is 42.3 Å². The predicted octanol–water partition coefficient (Wildman–Crippen LogP) is 3.12. The molecular formula is C12H12F3NOS. The van der Waals surface area contributed by atoms with Crippen LogP contribution in [-0.4, -0.2) is 17.5 Å². The van der Waals surface area contributed by atoms with Crippen molar-refractivity contribution in [1.29, 1.82) is 0 Å². The van der Waals surface area contributed by atoms with Crippen molar-refractivity contribution in [2.45, 2.75) is 35.7 Å². The topological polar surface area (TPSA) is 29.1 Å². The van der Waals surface area contributed by atoms with Crippen LogP contribution in [0.1, 0.15) is 18.4 Å². The van der Waals surface area contributed by atoms with Gasteiger partial charge in [-0.1, -0.05) is 12.1 Å². The van der Waals surface area contributed by atoms with E-state index in [0.29, 0.717) is 12.8 Å². The van der Waals surface area contributed by atoms with Crippen molar-refractivity contribution in [3.05, 3.63) is 29.8 Å². The number of hydrogen-bond acceptors (Lipinski definition) is 2. The number of amides is 1. The van der Waals surface area contributed by atoms with Crippen molar-refractivity contribution in [3.63, 3.8) is 0 Å². The number of nitrogens with one attached hydrogen (secondary N) is 1. The summed E-state index contributed by atoms with van der Waals surface area (Å²) in [5.74, 6) is 0.0456. The fraction of sp³-hybridized carbons (Fsp3) is 0.417. The van der Waals surface area contributed by atoms with E-state index in [1.165, 1.54) is 12.1 Å². The maximum Gasteiger partial charge on any atom is 0.446 e. The average Bonchev–Trinajstić information content (AvgIpc) is 2.65. The molecule has 0 spiro atoms. The zero-order chi connectivity index (χ0) is 13.2. The van der Waals surface area contributed by atoms with Crippen LogP contribution in [-0.2, 0) is 11.2 Å². The standard InChI is InChI=1S/C12H12F3NOS/c13-12(14,15)18-10-4-1-8(2-5-10)7-9-3-6-11(17)16-9/h1-2,4-5,9H,3,6-7H2,(H,16,17). The molecule has 0 aromatic heterocycles. The van der Waals surface area contributed by atoms with E-state index in [0.717, 1.165) is 12.0 Å². The minimum absolute atomic E-state index is 0.0456. The lowest BCUT2D eigenvalue weighted by Gasteiger charge is -2.10. The van der Waals surface area contributed by atoms with Crippen LogP contribution in [0.3, 0.4) is 0 Å². The molecule has 1 aromatic rings. The molecule has 1 fully saturated rings. The minimum Gasteiger partial charge on any atom is -0.353 e. The van der Waals surface area contributed by atoms with Crippen LogP contribution in [0, 0.1) is 0 Å². The smallest absolute Gasteiger partial charge is 0.353 e. The van der Waals surface area contributed by atoms with Gasteiger partial charge in [-0.15, -0.1) is 0 Å². The maximum absolute atomic E-state index is 12.1. The number of rotatable bonds is 3. The van der Waals surface area contributed by atoms with Gasteiger partial charge in [0.2, 0.25) is 5.91 Å². The van der Waals surface area contributed by atoms with Gasteiger partial charge in [0.15, 0.2) is 0 Å². The second-order valence-corrected chi connectivity index (χ2v) is 5.34. The number of halogens is 3. The van der Waals surface area contributed by atoms with Gasteiger partial charge < -0.3 is 5.32 Å². The zero-order valence-corrected chi connectivity index (χ0v) is 10.3. The molecule has 1 N–H and O–H groups in total. The molecule has 1 aliphatic rings. The van der Waals surface area contributed by atoms with Crippen LogP contribution in [0.2, 0.25) is 0 Å². The van der Waals surface area contributed by atoms with Gasteiger partial charge in [0.05, 0.1) is 0 Å². The van der Waals surface area contributed by atoms with Gasteiger partial charge in [-0.25, -0.2) is 0 Å². The van der Waals surface area contributed by atoms with E-state index in [2.05, 4.69) is 5.32 Å². The first-order valence-electron chi connectivity index (χ1n) is 5.56. The molecule has 1 amide bonds. The second-order valence-electron chi connectivity index (χ2n) is 4.20. The molecule has 0 saturated carbocycles. The molecule has 0 radical (unpaired) electrons. The Morgan fingerprint density at radius 2 is 1.94 bits per heavy atom. The first-order chi connectivity index (χ1) is 8.42. The molecule has 0 bridgehead atoms. The van der Waals surface area contributed by atoms with E-state index < -0.39 is 5.51 Å². The highest BCUT2D eigenvalue weighted by Crippen LogP contribution is 2.36. The molecule has 1 aromatic carbocycles. The van der Waals surface area contributed by atoms with Crippen molar-refractivity contribution in [1.82, 2.24) is 5.32 Å². The third-order valence-corrected chi connectivity index (χ3v) is 3.46. The Balaban J connectivity index is 1.93. The SMILES string of the molecule is O=C1CCC(Cc2ccc(SC(F)(F)F)cc2)N1. The summed E-state index contributed by atoms with van der Waals surface area (Å²) < 4.78 is 36.4. The van der Waals surface area contributed by atoms with Crippen LogP contribution in [0.5, 0.6) is 0 Å². The molecule has 1 unspecified atom stereocenters. The number of alkyl halides is 3. The Hall–Kier alpha value is -1.17. The first-order valence-corrected chi connectivity index (χ1v) is 6.38. The predicted molar refractivity (Wildman–Crippen MR) is 63.2 cm³/mol. The Morgan fingerprint density at radius 1 is 1.28 bits per heavy atom. The summed E-state index contributed by atoms with van der Waals surface area (Å²) in [6, 6.07) is 6.39. The monoisotopic (exact) mass is 275 g/mol. The maximum atomic E-state index is 12.1. The molecular weight excluding hydrogens is 263 g/mol. The van der Waals surface area contributed by atoms with Crippen LogP contribution in [0.4, 0.5) is 13.2 Å². The Kier molecular flexibility index (Phi) is 3.85. The molecule has 6 heteroatoms. The number of carbonyl (C=O) groups is 1. The molecule has 1 heterocycles. The lowest BCUT2D eigenvalue weighted by Crippen LogP contribution is -2.27. The van der Waals surface area contributed by atoms with E-state index in [9.17, 15) is 18.0 Å². The Morgan fingerprint density at radius 3 is 2.44 bits per heavy atom. The minimum atomic E-state index is -4.25. The molecule has 1 aliphatic heterocycles. The van der Waals surface area contributed by atoms with Gasteiger partial charge in [0.25, 0.3) is 0 Å². The van der Waals surface area contributed by atoms with E-state index >= 15 is 0 Å². The number of thioether (sulfide) groups is 1. The molecule has 98 valence electrons. The summed E-state index contributed by atoms with van der Waals surface area (Å²) in [4.78, 5) is 11.2. The quantitative estimate of drug-likeness (QED) is 0.859. The summed E-state index contributed by atoms with van der Waals surface area (Å²) in [6.45, 7) is 0. The van der Waals surface area contributed by atoms with Gasteiger partial charge in [-0.3, -0.25) is 4.79 Å². The normalized spacial score (nSPS) is 19.9. The van der Waals surface area contributed by atoms with Gasteiger partial charge in [0.1, 0.15) is 0 Å². The summed E-state index contributed by atoms with van der Waals surface area (Å²) >= 11 is -0.117. The van der Waals surface area contributed by atoms with Crippen molar-refractivity contribution in [3.8, 4) is 0 Å². The average molecular weight is 275 g/mol. The third-order valence-electron chi connectivity index (χ3n) is 2.72. The van der Waals surface area contributed by atoms with E-state index in [1.807, 2.05) is 0 Å². The van der Waals surface area contributed by atoms with Crippen LogP contribution >= 0.6 is 11.8 Å². The van der Waals surface area contributed by atoms with Crippen molar-refractivity contribution >= 4 is 17.7 Å². The molecule has 2 nitrogen and oxygen atoms in total. The fourth-order valence-electron chi connectivity index (χ4n) is 1.94. The molecule has 1 atom stereocenters. The van der Waals surface area contributed by atoms with Crippen LogP contribution < -0.4 is 5.32 Å². The lowest BCUT2D eigenvalue weighted by atomic mass is 10.1. The highest BCUT2D eigenvalue weighted by atomic mass is 32.2. The van der Waals surface area contributed by atoms with Crippen molar-refractivity contribution in [2.24, 2.45) is 0 Å².